The molecule has 3 nitrogen and oxygen atoms in total. The molecule has 0 spiro atoms. The lowest BCUT2D eigenvalue weighted by Crippen LogP contribution is -2.43. The number of fused-ring (bicyclic) bond motifs is 2. The van der Waals surface area contributed by atoms with Crippen LogP contribution in [0.3, 0.4) is 0 Å². The average Bonchev–Trinajstić information content (AvgIpc) is 2.62. The second kappa shape index (κ2) is 7.51. The van der Waals surface area contributed by atoms with Gasteiger partial charge in [0.2, 0.25) is 0 Å². The van der Waals surface area contributed by atoms with Crippen molar-refractivity contribution >= 4 is 24.8 Å². The molecule has 2 N–H and O–H groups in total. The molecule has 0 aromatic heterocycles. The highest BCUT2D eigenvalue weighted by Crippen LogP contribution is 2.35. The van der Waals surface area contributed by atoms with E-state index < -0.39 is 0 Å². The molecule has 0 radical (unpaired) electrons. The monoisotopic (exact) mass is 318 g/mol. The molecule has 1 aromatic rings. The van der Waals surface area contributed by atoms with E-state index in [1.54, 1.807) is 0 Å². The van der Waals surface area contributed by atoms with Crippen molar-refractivity contribution in [2.45, 2.75) is 50.4 Å². The van der Waals surface area contributed by atoms with E-state index in [4.69, 9.17) is 10.5 Å². The van der Waals surface area contributed by atoms with Crippen molar-refractivity contribution in [1.29, 1.82) is 0 Å². The lowest BCUT2D eigenvalue weighted by atomic mass is 10.0. The summed E-state index contributed by atoms with van der Waals surface area (Å²) in [6.45, 7) is 0.579. The van der Waals surface area contributed by atoms with Gasteiger partial charge < -0.3 is 15.4 Å². The van der Waals surface area contributed by atoms with Crippen molar-refractivity contribution in [2.24, 2.45) is 5.73 Å². The fourth-order valence-corrected chi connectivity index (χ4v) is 3.40. The van der Waals surface area contributed by atoms with Crippen LogP contribution in [-0.4, -0.2) is 30.1 Å². The molecule has 20 heavy (non-hydrogen) atoms. The predicted octanol–water partition coefficient (Wildman–Crippen LogP) is 2.99. The number of nitrogens with two attached hydrogens (primary N) is 1. The van der Waals surface area contributed by atoms with Crippen LogP contribution in [0, 0.1) is 0 Å². The number of halogens is 2. The molecule has 1 aromatic carbocycles. The minimum absolute atomic E-state index is 0. The third-order valence-electron chi connectivity index (χ3n) is 4.49. The van der Waals surface area contributed by atoms with Crippen LogP contribution in [0.15, 0.2) is 24.3 Å². The van der Waals surface area contributed by atoms with Crippen LogP contribution in [0.2, 0.25) is 0 Å². The number of piperidine rings is 1. The van der Waals surface area contributed by atoms with E-state index in [1.807, 2.05) is 18.2 Å². The Hall–Kier alpha value is -0.480. The smallest absolute Gasteiger partial charge is 0.120 e. The maximum Gasteiger partial charge on any atom is 0.120 e. The van der Waals surface area contributed by atoms with Crippen molar-refractivity contribution in [3.8, 4) is 5.75 Å². The summed E-state index contributed by atoms with van der Waals surface area (Å²) in [6.07, 6.45) is 5.39. The third-order valence-corrected chi connectivity index (χ3v) is 4.49. The Morgan fingerprint density at radius 2 is 1.85 bits per heavy atom. The second-order valence-corrected chi connectivity index (χ2v) is 5.61. The van der Waals surface area contributed by atoms with Gasteiger partial charge in [0.1, 0.15) is 11.9 Å². The number of rotatable bonds is 3. The van der Waals surface area contributed by atoms with Gasteiger partial charge >= 0.3 is 0 Å². The lowest BCUT2D eigenvalue weighted by molar-refractivity contribution is 0.0661. The van der Waals surface area contributed by atoms with Crippen LogP contribution in [0.4, 0.5) is 0 Å². The van der Waals surface area contributed by atoms with Crippen LogP contribution in [0.25, 0.3) is 0 Å². The molecule has 2 fully saturated rings. The maximum atomic E-state index is 6.14. The molecule has 2 aliphatic heterocycles. The van der Waals surface area contributed by atoms with Crippen molar-refractivity contribution in [2.75, 3.05) is 7.05 Å². The highest BCUT2D eigenvalue weighted by molar-refractivity contribution is 5.85. The van der Waals surface area contributed by atoms with Crippen molar-refractivity contribution in [1.82, 2.24) is 4.90 Å². The van der Waals surface area contributed by atoms with E-state index in [-0.39, 0.29) is 24.8 Å². The van der Waals surface area contributed by atoms with Gasteiger partial charge in [0.15, 0.2) is 0 Å². The minimum Gasteiger partial charge on any atom is -0.490 e. The number of hydrogen-bond donors (Lipinski definition) is 1. The zero-order valence-corrected chi connectivity index (χ0v) is 13.5. The highest BCUT2D eigenvalue weighted by atomic mass is 35.5. The Bertz CT molecular complexity index is 416. The molecule has 2 heterocycles. The Kier molecular flexibility index (Phi) is 6.59. The van der Waals surface area contributed by atoms with Gasteiger partial charge in [-0.05, 0) is 50.4 Å². The Morgan fingerprint density at radius 3 is 2.45 bits per heavy atom. The average molecular weight is 319 g/mol. The highest BCUT2D eigenvalue weighted by Gasteiger charge is 2.39. The van der Waals surface area contributed by atoms with Gasteiger partial charge in [-0.25, -0.2) is 0 Å². The molecule has 1 unspecified atom stereocenters. The molecule has 3 rings (SSSR count). The number of ether oxygens (including phenoxy) is 1. The van der Waals surface area contributed by atoms with E-state index >= 15 is 0 Å². The topological polar surface area (TPSA) is 38.5 Å². The van der Waals surface area contributed by atoms with Crippen LogP contribution in [-0.2, 0) is 6.54 Å². The van der Waals surface area contributed by atoms with Crippen molar-refractivity contribution in [3.05, 3.63) is 29.8 Å². The first-order chi connectivity index (χ1) is 8.76. The van der Waals surface area contributed by atoms with Gasteiger partial charge in [-0.1, -0.05) is 12.1 Å². The summed E-state index contributed by atoms with van der Waals surface area (Å²) in [7, 11) is 2.26. The molecule has 0 amide bonds. The first kappa shape index (κ1) is 17.6. The van der Waals surface area contributed by atoms with Crippen LogP contribution >= 0.6 is 24.8 Å². The van der Waals surface area contributed by atoms with Crippen molar-refractivity contribution in [3.63, 3.8) is 0 Å². The molecule has 2 aliphatic rings. The number of benzene rings is 1. The summed E-state index contributed by atoms with van der Waals surface area (Å²) >= 11 is 0. The zero-order chi connectivity index (χ0) is 12.5. The molecule has 0 aliphatic carbocycles. The first-order valence-electron chi connectivity index (χ1n) is 6.94. The summed E-state index contributed by atoms with van der Waals surface area (Å²) in [5.74, 6) is 0.979. The molecule has 0 saturated carbocycles. The molecular formula is C15H24Cl2N2O. The Labute approximate surface area is 133 Å². The van der Waals surface area contributed by atoms with Gasteiger partial charge in [-0.3, -0.25) is 0 Å². The van der Waals surface area contributed by atoms with Gasteiger partial charge in [-0.2, -0.15) is 0 Å². The summed E-state index contributed by atoms with van der Waals surface area (Å²) in [6, 6.07) is 9.64. The summed E-state index contributed by atoms with van der Waals surface area (Å²) in [5, 5.41) is 0. The van der Waals surface area contributed by atoms with Crippen LogP contribution in [0.5, 0.6) is 5.75 Å². The first-order valence-corrected chi connectivity index (χ1v) is 6.94. The molecule has 114 valence electrons. The standard InChI is InChI=1S/C15H22N2O.2ClH/c1-17-12-5-6-13(17)9-15(8-12)18-14-4-2-3-11(7-14)10-16;;/h2-4,7,12-13,15H,5-6,8-10,16H2,1H3;2*1H/t12-,13+,15?;;. The van der Waals surface area contributed by atoms with Crippen molar-refractivity contribution < 1.29 is 4.74 Å². The number of nitrogens with zero attached hydrogens (tertiary/aromatic N) is 1. The van der Waals surface area contributed by atoms with E-state index in [9.17, 15) is 0 Å². The molecule has 3 atom stereocenters. The largest absolute Gasteiger partial charge is 0.490 e. The van der Waals surface area contributed by atoms with Crippen LogP contribution < -0.4 is 10.5 Å². The predicted molar refractivity (Wildman–Crippen MR) is 87.1 cm³/mol. The van der Waals surface area contributed by atoms with E-state index in [1.165, 1.54) is 25.7 Å². The zero-order valence-electron chi connectivity index (χ0n) is 11.8. The quantitative estimate of drug-likeness (QED) is 0.931. The van der Waals surface area contributed by atoms with E-state index in [0.29, 0.717) is 12.6 Å². The van der Waals surface area contributed by atoms with Crippen LogP contribution in [0.1, 0.15) is 31.2 Å². The van der Waals surface area contributed by atoms with E-state index in [0.717, 1.165) is 23.4 Å². The Morgan fingerprint density at radius 1 is 1.20 bits per heavy atom. The SMILES string of the molecule is CN1[C@@H]2CC[C@H]1CC(Oc1cccc(CN)c1)C2.Cl.Cl. The lowest BCUT2D eigenvalue weighted by Gasteiger charge is -2.36. The maximum absolute atomic E-state index is 6.14. The minimum atomic E-state index is 0. The number of hydrogen-bond acceptors (Lipinski definition) is 3. The fourth-order valence-electron chi connectivity index (χ4n) is 3.40. The summed E-state index contributed by atoms with van der Waals surface area (Å²) in [5.41, 5.74) is 6.80. The van der Waals surface area contributed by atoms with Gasteiger partial charge in [0, 0.05) is 18.6 Å². The molecule has 2 saturated heterocycles. The molecule has 5 heteroatoms. The third kappa shape index (κ3) is 3.59. The van der Waals surface area contributed by atoms with Gasteiger partial charge in [0.05, 0.1) is 0 Å². The summed E-state index contributed by atoms with van der Waals surface area (Å²) < 4.78 is 6.14. The molecular weight excluding hydrogens is 295 g/mol. The normalized spacial score (nSPS) is 28.4. The fraction of sp³-hybridized carbons (Fsp3) is 0.600. The van der Waals surface area contributed by atoms with E-state index in [2.05, 4.69) is 18.0 Å². The Balaban J connectivity index is 0.000001000. The second-order valence-electron chi connectivity index (χ2n) is 5.61. The summed E-state index contributed by atoms with van der Waals surface area (Å²) in [4.78, 5) is 2.54. The van der Waals surface area contributed by atoms with Gasteiger partial charge in [-0.15, -0.1) is 24.8 Å². The molecule has 2 bridgehead atoms. The van der Waals surface area contributed by atoms with Gasteiger partial charge in [0.25, 0.3) is 0 Å².